The Bertz CT molecular complexity index is 557. The van der Waals surface area contributed by atoms with Gasteiger partial charge in [0.25, 0.3) is 0 Å². The topological polar surface area (TPSA) is 0 Å². The van der Waals surface area contributed by atoms with Crippen molar-refractivity contribution in [3.8, 4) is 0 Å². The van der Waals surface area contributed by atoms with Crippen LogP contribution in [-0.2, 0) is 21.1 Å². The predicted molar refractivity (Wildman–Crippen MR) is 100 cm³/mol. The zero-order valence-corrected chi connectivity index (χ0v) is 16.4. The fourth-order valence-electron chi connectivity index (χ4n) is 2.18. The summed E-state index contributed by atoms with van der Waals surface area (Å²) in [6.45, 7) is 2.17. The van der Waals surface area contributed by atoms with Gasteiger partial charge < -0.3 is 0 Å². The van der Waals surface area contributed by atoms with E-state index in [2.05, 4.69) is 119 Å². The summed E-state index contributed by atoms with van der Waals surface area (Å²) in [6.07, 6.45) is 1.29. The van der Waals surface area contributed by atoms with Crippen molar-refractivity contribution in [3.63, 3.8) is 0 Å². The Morgan fingerprint density at radius 3 is 1.09 bits per heavy atom. The SMILES string of the molecule is CC[CH2][Au].c1ccc(P(c2ccccc2)c2ccccc2)cc1. The van der Waals surface area contributed by atoms with Gasteiger partial charge >= 0.3 is 39.1 Å². The average Bonchev–Trinajstić information content (AvgIpc) is 2.65. The Hall–Kier alpha value is -1.17. The van der Waals surface area contributed by atoms with Crippen molar-refractivity contribution in [3.05, 3.63) is 91.0 Å². The van der Waals surface area contributed by atoms with Crippen LogP contribution < -0.4 is 15.9 Å². The van der Waals surface area contributed by atoms with Crippen molar-refractivity contribution >= 4 is 23.8 Å². The van der Waals surface area contributed by atoms with Crippen LogP contribution in [0.25, 0.3) is 0 Å². The number of hydrogen-bond acceptors (Lipinski definition) is 0. The van der Waals surface area contributed by atoms with E-state index >= 15 is 0 Å². The smallest absolute Gasteiger partial charge is 0.0134 e. The van der Waals surface area contributed by atoms with Gasteiger partial charge in [0, 0.05) is 0 Å². The third-order valence-corrected chi connectivity index (χ3v) is 6.72. The van der Waals surface area contributed by atoms with Crippen LogP contribution in [0.2, 0.25) is 4.64 Å². The zero-order valence-electron chi connectivity index (χ0n) is 13.3. The van der Waals surface area contributed by atoms with Crippen molar-refractivity contribution in [2.24, 2.45) is 0 Å². The molecule has 0 radical (unpaired) electrons. The predicted octanol–water partition coefficient (Wildman–Crippen LogP) is 4.81. The molecule has 23 heavy (non-hydrogen) atoms. The average molecular weight is 502 g/mol. The van der Waals surface area contributed by atoms with Crippen LogP contribution in [0.1, 0.15) is 13.3 Å². The summed E-state index contributed by atoms with van der Waals surface area (Å²) in [5, 5.41) is 4.19. The Balaban J connectivity index is 0.000000433. The Morgan fingerprint density at radius 2 is 0.870 bits per heavy atom. The number of hydrogen-bond donors (Lipinski definition) is 0. The van der Waals surface area contributed by atoms with Crippen molar-refractivity contribution in [1.82, 2.24) is 0 Å². The van der Waals surface area contributed by atoms with Crippen molar-refractivity contribution in [2.75, 3.05) is 0 Å². The largest absolute Gasteiger partial charge is 0.0622 e. The minimum atomic E-state index is -0.446. The normalized spacial score (nSPS) is 10.1. The molecule has 0 spiro atoms. The van der Waals surface area contributed by atoms with Gasteiger partial charge in [-0.2, -0.15) is 0 Å². The van der Waals surface area contributed by atoms with E-state index in [0.717, 1.165) is 0 Å². The molecule has 0 heterocycles. The van der Waals surface area contributed by atoms with Crippen LogP contribution in [-0.4, -0.2) is 0 Å². The quantitative estimate of drug-likeness (QED) is 0.355. The molecule has 0 saturated carbocycles. The van der Waals surface area contributed by atoms with E-state index in [0.29, 0.717) is 0 Å². The van der Waals surface area contributed by atoms with E-state index in [1.54, 1.807) is 0 Å². The van der Waals surface area contributed by atoms with Gasteiger partial charge in [-0.25, -0.2) is 0 Å². The first-order chi connectivity index (χ1) is 11.4. The molecule has 0 nitrogen and oxygen atoms in total. The second-order valence-electron chi connectivity index (χ2n) is 4.99. The van der Waals surface area contributed by atoms with Crippen LogP contribution in [0.15, 0.2) is 91.0 Å². The maximum absolute atomic E-state index is 2.50. The molecule has 0 fully saturated rings. The monoisotopic (exact) mass is 502 g/mol. The number of benzene rings is 3. The second-order valence-corrected chi connectivity index (χ2v) is 8.30. The molecule has 0 N–H and O–H groups in total. The maximum atomic E-state index is 2.50. The summed E-state index contributed by atoms with van der Waals surface area (Å²) in [4.78, 5) is 0. The molecule has 0 unspecified atom stereocenters. The molecule has 0 aliphatic heterocycles. The Kier molecular flexibility index (Phi) is 8.36. The molecule has 0 saturated heterocycles. The van der Waals surface area contributed by atoms with Gasteiger partial charge in [0.15, 0.2) is 0 Å². The van der Waals surface area contributed by atoms with Gasteiger partial charge in [0.1, 0.15) is 0 Å². The van der Waals surface area contributed by atoms with Gasteiger partial charge in [-0.3, -0.25) is 0 Å². The minimum Gasteiger partial charge on any atom is -0.0622 e. The fraction of sp³-hybridized carbons (Fsp3) is 0.143. The van der Waals surface area contributed by atoms with E-state index in [-0.39, 0.29) is 0 Å². The standard InChI is InChI=1S/C18H15P.C3H7.Au/c1-4-10-16(11-5-1)19(17-12-6-2-7-13-17)18-14-8-3-9-15-18;1-3-2;/h1-15H;1,3H2,2H3;. The summed E-state index contributed by atoms with van der Waals surface area (Å²) < 4.78 is 1.26. The van der Waals surface area contributed by atoms with E-state index < -0.39 is 7.92 Å². The van der Waals surface area contributed by atoms with Gasteiger partial charge in [-0.1, -0.05) is 91.0 Å². The van der Waals surface area contributed by atoms with Crippen molar-refractivity contribution in [1.29, 1.82) is 0 Å². The molecule has 3 aromatic carbocycles. The first kappa shape index (κ1) is 18.2. The maximum Gasteiger partial charge on any atom is -0.0134 e. The molecule has 122 valence electrons. The Morgan fingerprint density at radius 1 is 0.609 bits per heavy atom. The summed E-state index contributed by atoms with van der Waals surface area (Å²) >= 11 is 2.50. The zero-order chi connectivity index (χ0) is 16.3. The molecular weight excluding hydrogens is 480 g/mol. The molecule has 3 aromatic rings. The van der Waals surface area contributed by atoms with Crippen molar-refractivity contribution < 1.29 is 21.1 Å². The fourth-order valence-corrected chi connectivity index (χ4v) is 4.48. The molecule has 0 bridgehead atoms. The molecule has 3 rings (SSSR count). The van der Waals surface area contributed by atoms with Crippen LogP contribution >= 0.6 is 7.92 Å². The minimum absolute atomic E-state index is 0.446. The van der Waals surface area contributed by atoms with Crippen LogP contribution in [0.3, 0.4) is 0 Å². The Labute approximate surface area is 153 Å². The molecule has 0 amide bonds. The van der Waals surface area contributed by atoms with E-state index in [1.807, 2.05) is 0 Å². The van der Waals surface area contributed by atoms with E-state index in [4.69, 9.17) is 0 Å². The first-order valence-corrected chi connectivity index (χ1v) is 10.7. The third-order valence-electron chi connectivity index (χ3n) is 3.19. The molecule has 2 heteroatoms. The van der Waals surface area contributed by atoms with Crippen molar-refractivity contribution in [2.45, 2.75) is 18.0 Å². The summed E-state index contributed by atoms with van der Waals surface area (Å²) in [5.74, 6) is 0. The van der Waals surface area contributed by atoms with Gasteiger partial charge in [0.05, 0.1) is 0 Å². The molecule has 0 aliphatic carbocycles. The first-order valence-electron chi connectivity index (χ1n) is 7.82. The molecule has 0 aromatic heterocycles. The van der Waals surface area contributed by atoms with Crippen LogP contribution in [0.4, 0.5) is 0 Å². The summed E-state index contributed by atoms with van der Waals surface area (Å²) in [5.41, 5.74) is 0. The summed E-state index contributed by atoms with van der Waals surface area (Å²) in [7, 11) is -0.446. The third kappa shape index (κ3) is 5.75. The van der Waals surface area contributed by atoms with Gasteiger partial charge in [-0.05, 0) is 23.8 Å². The molecule has 0 aliphatic rings. The molecular formula is C21H22AuP. The number of rotatable bonds is 4. The van der Waals surface area contributed by atoms with Crippen LogP contribution in [0.5, 0.6) is 0 Å². The van der Waals surface area contributed by atoms with E-state index in [1.165, 1.54) is 27.0 Å². The van der Waals surface area contributed by atoms with Gasteiger partial charge in [-0.15, -0.1) is 0 Å². The van der Waals surface area contributed by atoms with Crippen LogP contribution in [0, 0.1) is 0 Å². The summed E-state index contributed by atoms with van der Waals surface area (Å²) in [6, 6.07) is 32.3. The van der Waals surface area contributed by atoms with E-state index in [9.17, 15) is 0 Å². The second kappa shape index (κ2) is 10.6. The van der Waals surface area contributed by atoms with Gasteiger partial charge in [0.2, 0.25) is 0 Å². The molecule has 0 atom stereocenters.